The summed E-state index contributed by atoms with van der Waals surface area (Å²) in [7, 11) is 1.90. The van der Waals surface area contributed by atoms with E-state index < -0.39 is 5.54 Å². The zero-order valence-corrected chi connectivity index (χ0v) is 12.3. The van der Waals surface area contributed by atoms with E-state index in [1.165, 1.54) is 0 Å². The van der Waals surface area contributed by atoms with Crippen molar-refractivity contribution in [1.82, 2.24) is 24.6 Å². The van der Waals surface area contributed by atoms with Gasteiger partial charge in [-0.3, -0.25) is 14.5 Å². The number of aromatic nitrogens is 3. The van der Waals surface area contributed by atoms with Crippen molar-refractivity contribution in [3.05, 3.63) is 12.2 Å². The van der Waals surface area contributed by atoms with Crippen molar-refractivity contribution in [3.8, 4) is 0 Å². The Bertz CT molecular complexity index is 474. The minimum Gasteiger partial charge on any atom is -0.409 e. The summed E-state index contributed by atoms with van der Waals surface area (Å²) in [6.07, 6.45) is 1.58. The number of rotatable bonds is 4. The molecule has 0 bridgehead atoms. The van der Waals surface area contributed by atoms with E-state index in [4.69, 9.17) is 10.9 Å². The highest BCUT2D eigenvalue weighted by Crippen LogP contribution is 2.18. The van der Waals surface area contributed by atoms with Crippen LogP contribution in [0.4, 0.5) is 0 Å². The number of aryl methyl sites for hydroxylation is 1. The van der Waals surface area contributed by atoms with Gasteiger partial charge in [0.2, 0.25) is 0 Å². The van der Waals surface area contributed by atoms with Crippen molar-refractivity contribution in [1.29, 1.82) is 0 Å². The molecular weight excluding hydrogens is 258 g/mol. The summed E-state index contributed by atoms with van der Waals surface area (Å²) in [4.78, 5) is 8.81. The molecule has 3 N–H and O–H groups in total. The van der Waals surface area contributed by atoms with Crippen LogP contribution in [0, 0.1) is 0 Å². The van der Waals surface area contributed by atoms with Crippen molar-refractivity contribution in [2.24, 2.45) is 17.9 Å². The molecule has 0 aromatic carbocycles. The molecule has 0 aliphatic carbocycles. The maximum absolute atomic E-state index is 8.86. The van der Waals surface area contributed by atoms with Crippen LogP contribution < -0.4 is 5.73 Å². The van der Waals surface area contributed by atoms with E-state index in [2.05, 4.69) is 25.0 Å². The van der Waals surface area contributed by atoms with Crippen LogP contribution in [-0.2, 0) is 13.6 Å². The molecule has 2 heterocycles. The molecule has 1 fully saturated rings. The second kappa shape index (κ2) is 5.76. The minimum absolute atomic E-state index is 0.249. The third-order valence-corrected chi connectivity index (χ3v) is 4.07. The van der Waals surface area contributed by atoms with Crippen molar-refractivity contribution >= 4 is 5.84 Å². The molecule has 0 saturated carbocycles. The summed E-state index contributed by atoms with van der Waals surface area (Å²) in [6, 6.07) is 0. The molecule has 1 aliphatic rings. The lowest BCUT2D eigenvalue weighted by molar-refractivity contribution is 0.0774. The molecule has 0 spiro atoms. The average Bonchev–Trinajstić information content (AvgIpc) is 2.84. The van der Waals surface area contributed by atoms with Crippen LogP contribution in [0.1, 0.15) is 19.7 Å². The quantitative estimate of drug-likeness (QED) is 0.333. The summed E-state index contributed by atoms with van der Waals surface area (Å²) in [5.41, 5.74) is 5.34. The summed E-state index contributed by atoms with van der Waals surface area (Å²) in [5, 5.41) is 16.1. The van der Waals surface area contributed by atoms with Gasteiger partial charge in [-0.1, -0.05) is 5.16 Å². The molecule has 20 heavy (non-hydrogen) atoms. The largest absolute Gasteiger partial charge is 0.409 e. The number of amidine groups is 1. The fourth-order valence-electron chi connectivity index (χ4n) is 2.41. The fourth-order valence-corrected chi connectivity index (χ4v) is 2.41. The number of nitrogens with zero attached hydrogens (tertiary/aromatic N) is 6. The van der Waals surface area contributed by atoms with Crippen LogP contribution in [0.2, 0.25) is 0 Å². The van der Waals surface area contributed by atoms with Gasteiger partial charge in [0.15, 0.2) is 5.84 Å². The number of oxime groups is 1. The highest BCUT2D eigenvalue weighted by Gasteiger charge is 2.33. The minimum atomic E-state index is -0.425. The lowest BCUT2D eigenvalue weighted by atomic mass is 10.0. The monoisotopic (exact) mass is 281 g/mol. The first-order valence-corrected chi connectivity index (χ1v) is 6.73. The summed E-state index contributed by atoms with van der Waals surface area (Å²) >= 11 is 0. The Kier molecular flexibility index (Phi) is 4.24. The zero-order valence-electron chi connectivity index (χ0n) is 12.3. The Morgan fingerprint density at radius 1 is 1.40 bits per heavy atom. The Labute approximate surface area is 118 Å². The molecule has 0 unspecified atom stereocenters. The van der Waals surface area contributed by atoms with Crippen molar-refractivity contribution in [2.45, 2.75) is 25.9 Å². The van der Waals surface area contributed by atoms with Crippen LogP contribution in [0.5, 0.6) is 0 Å². The second-order valence-electron chi connectivity index (χ2n) is 5.61. The van der Waals surface area contributed by atoms with Crippen LogP contribution in [-0.4, -0.2) is 67.3 Å². The maximum Gasteiger partial charge on any atom is 0.159 e. The number of piperazine rings is 1. The van der Waals surface area contributed by atoms with Gasteiger partial charge >= 0.3 is 0 Å². The highest BCUT2D eigenvalue weighted by atomic mass is 16.4. The van der Waals surface area contributed by atoms with Gasteiger partial charge in [-0.15, -0.1) is 0 Å². The van der Waals surface area contributed by atoms with Gasteiger partial charge in [0.1, 0.15) is 12.2 Å². The molecule has 2 rings (SSSR count). The van der Waals surface area contributed by atoms with Gasteiger partial charge in [-0.25, -0.2) is 4.98 Å². The lowest BCUT2D eigenvalue weighted by Crippen LogP contribution is -2.59. The van der Waals surface area contributed by atoms with Gasteiger partial charge in [0.25, 0.3) is 0 Å². The van der Waals surface area contributed by atoms with Crippen LogP contribution in [0.15, 0.2) is 11.5 Å². The molecule has 0 atom stereocenters. The van der Waals surface area contributed by atoms with E-state index in [9.17, 15) is 0 Å². The maximum atomic E-state index is 8.86. The standard InChI is InChI=1S/C12H23N7O/c1-12(2,11(13)16-20)19-6-4-18(5-7-19)8-10-14-9-15-17(10)3/h9,20H,4-8H2,1-3H3,(H2,13,16). The predicted octanol–water partition coefficient (Wildman–Crippen LogP) is -0.542. The van der Waals surface area contributed by atoms with E-state index in [-0.39, 0.29) is 5.84 Å². The van der Waals surface area contributed by atoms with E-state index in [1.807, 2.05) is 20.9 Å². The van der Waals surface area contributed by atoms with Gasteiger partial charge < -0.3 is 10.9 Å². The van der Waals surface area contributed by atoms with Crippen molar-refractivity contribution in [2.75, 3.05) is 26.2 Å². The predicted molar refractivity (Wildman–Crippen MR) is 75.3 cm³/mol. The van der Waals surface area contributed by atoms with Crippen LogP contribution in [0.3, 0.4) is 0 Å². The Balaban J connectivity index is 1.91. The molecule has 1 saturated heterocycles. The molecule has 1 aromatic rings. The van der Waals surface area contributed by atoms with Crippen LogP contribution in [0.25, 0.3) is 0 Å². The fraction of sp³-hybridized carbons (Fsp3) is 0.750. The van der Waals surface area contributed by atoms with Crippen molar-refractivity contribution < 1.29 is 5.21 Å². The molecule has 1 aliphatic heterocycles. The number of hydrogen-bond acceptors (Lipinski definition) is 6. The lowest BCUT2D eigenvalue weighted by Gasteiger charge is -2.43. The summed E-state index contributed by atoms with van der Waals surface area (Å²) < 4.78 is 1.80. The number of nitrogens with two attached hydrogens (primary N) is 1. The molecule has 1 aromatic heterocycles. The topological polar surface area (TPSA) is 95.8 Å². The molecular formula is C12H23N7O. The van der Waals surface area contributed by atoms with Gasteiger partial charge in [-0.2, -0.15) is 5.10 Å². The molecule has 8 nitrogen and oxygen atoms in total. The first-order valence-electron chi connectivity index (χ1n) is 6.73. The van der Waals surface area contributed by atoms with Crippen LogP contribution >= 0.6 is 0 Å². The van der Waals surface area contributed by atoms with Crippen molar-refractivity contribution in [3.63, 3.8) is 0 Å². The Morgan fingerprint density at radius 2 is 2.05 bits per heavy atom. The summed E-state index contributed by atoms with van der Waals surface area (Å²) in [5.74, 6) is 1.22. The average molecular weight is 281 g/mol. The smallest absolute Gasteiger partial charge is 0.159 e. The third-order valence-electron chi connectivity index (χ3n) is 4.07. The Hall–Kier alpha value is -1.67. The van der Waals surface area contributed by atoms with Gasteiger partial charge in [0, 0.05) is 33.2 Å². The van der Waals surface area contributed by atoms with Gasteiger partial charge in [0.05, 0.1) is 12.1 Å². The zero-order chi connectivity index (χ0) is 14.8. The molecule has 8 heteroatoms. The molecule has 0 amide bonds. The molecule has 112 valence electrons. The normalized spacial score (nSPS) is 19.4. The first kappa shape index (κ1) is 14.7. The first-order chi connectivity index (χ1) is 9.45. The Morgan fingerprint density at radius 3 is 2.55 bits per heavy atom. The SMILES string of the molecule is Cn1ncnc1CN1CCN(C(C)(C)C(N)=NO)CC1. The number of hydrogen-bond donors (Lipinski definition) is 2. The molecule has 0 radical (unpaired) electrons. The van der Waals surface area contributed by atoms with Gasteiger partial charge in [-0.05, 0) is 13.8 Å². The van der Waals surface area contributed by atoms with E-state index >= 15 is 0 Å². The summed E-state index contributed by atoms with van der Waals surface area (Å²) in [6.45, 7) is 8.35. The van der Waals surface area contributed by atoms with E-state index in [0.29, 0.717) is 0 Å². The van der Waals surface area contributed by atoms with E-state index in [0.717, 1.165) is 38.5 Å². The highest BCUT2D eigenvalue weighted by molar-refractivity contribution is 5.88. The van der Waals surface area contributed by atoms with E-state index in [1.54, 1.807) is 11.0 Å². The third kappa shape index (κ3) is 2.91. The second-order valence-corrected chi connectivity index (χ2v) is 5.61.